The largest absolute Gasteiger partial charge is 0.494 e. The van der Waals surface area contributed by atoms with Crippen LogP contribution in [0.1, 0.15) is 5.56 Å². The first-order valence-electron chi connectivity index (χ1n) is 4.53. The molecule has 1 N–H and O–H groups in total. The maximum absolute atomic E-state index is 11.3. The van der Waals surface area contributed by atoms with Crippen molar-refractivity contribution in [3.05, 3.63) is 45.1 Å². The van der Waals surface area contributed by atoms with Crippen molar-refractivity contribution in [3.63, 3.8) is 0 Å². The van der Waals surface area contributed by atoms with Crippen molar-refractivity contribution in [2.75, 3.05) is 0 Å². The van der Waals surface area contributed by atoms with Crippen molar-refractivity contribution in [1.29, 1.82) is 0 Å². The second-order valence-corrected chi connectivity index (χ2v) is 3.94. The lowest BCUT2D eigenvalue weighted by Gasteiger charge is -2.02. The summed E-state index contributed by atoms with van der Waals surface area (Å²) in [7, 11) is 0. The summed E-state index contributed by atoms with van der Waals surface area (Å²) in [6, 6.07) is 3.80. The summed E-state index contributed by atoms with van der Waals surface area (Å²) < 4.78 is 1.36. The number of rotatable bonds is 3. The van der Waals surface area contributed by atoms with Gasteiger partial charge in [-0.1, -0.05) is 17.4 Å². The summed E-state index contributed by atoms with van der Waals surface area (Å²) in [4.78, 5) is 15.1. The monoisotopic (exact) mass is 222 g/mol. The van der Waals surface area contributed by atoms with Crippen LogP contribution >= 0.6 is 11.3 Å². The van der Waals surface area contributed by atoms with Gasteiger partial charge in [-0.05, 0) is 18.1 Å². The second-order valence-electron chi connectivity index (χ2n) is 3.12. The van der Waals surface area contributed by atoms with Crippen molar-refractivity contribution in [2.24, 2.45) is 0 Å². The van der Waals surface area contributed by atoms with Gasteiger partial charge in [-0.3, -0.25) is 14.3 Å². The van der Waals surface area contributed by atoms with Crippen molar-refractivity contribution < 1.29 is 5.11 Å². The SMILES string of the molecule is O=c1scc(O)n1CCc1cccnc1. The second kappa shape index (κ2) is 4.27. The van der Waals surface area contributed by atoms with Crippen molar-refractivity contribution in [3.8, 4) is 5.88 Å². The molecule has 0 bridgehead atoms. The number of hydrogen-bond donors (Lipinski definition) is 1. The number of hydrogen-bond acceptors (Lipinski definition) is 4. The van der Waals surface area contributed by atoms with E-state index in [1.54, 1.807) is 12.4 Å². The van der Waals surface area contributed by atoms with E-state index in [1.807, 2.05) is 12.1 Å². The van der Waals surface area contributed by atoms with E-state index < -0.39 is 0 Å². The predicted molar refractivity (Wildman–Crippen MR) is 58.2 cm³/mol. The van der Waals surface area contributed by atoms with Crippen LogP contribution in [0.3, 0.4) is 0 Å². The van der Waals surface area contributed by atoms with Gasteiger partial charge in [0, 0.05) is 18.9 Å². The number of pyridine rings is 1. The Hall–Kier alpha value is -1.62. The molecule has 2 rings (SSSR count). The van der Waals surface area contributed by atoms with Gasteiger partial charge in [-0.25, -0.2) is 0 Å². The minimum absolute atomic E-state index is 0.0360. The Kier molecular flexibility index (Phi) is 2.82. The summed E-state index contributed by atoms with van der Waals surface area (Å²) in [5.41, 5.74) is 1.05. The summed E-state index contributed by atoms with van der Waals surface area (Å²) in [5, 5.41) is 10.8. The number of nitrogens with zero attached hydrogens (tertiary/aromatic N) is 2. The highest BCUT2D eigenvalue weighted by molar-refractivity contribution is 7.07. The third kappa shape index (κ3) is 2.24. The molecule has 0 aliphatic carbocycles. The fraction of sp³-hybridized carbons (Fsp3) is 0.200. The highest BCUT2D eigenvalue weighted by Crippen LogP contribution is 2.10. The molecular formula is C10H10N2O2S. The zero-order valence-corrected chi connectivity index (χ0v) is 8.78. The molecule has 0 aromatic carbocycles. The third-order valence-corrected chi connectivity index (χ3v) is 2.86. The molecule has 0 radical (unpaired) electrons. The van der Waals surface area contributed by atoms with Gasteiger partial charge in [-0.15, -0.1) is 0 Å². The molecule has 2 aromatic heterocycles. The first kappa shape index (κ1) is 9.92. The van der Waals surface area contributed by atoms with E-state index in [4.69, 9.17) is 0 Å². The number of aromatic nitrogens is 2. The molecule has 0 atom stereocenters. The fourth-order valence-corrected chi connectivity index (χ4v) is 1.96. The maximum atomic E-state index is 11.3. The van der Waals surface area contributed by atoms with Gasteiger partial charge in [0.2, 0.25) is 5.88 Å². The highest BCUT2D eigenvalue weighted by Gasteiger charge is 2.04. The average molecular weight is 222 g/mol. The first-order chi connectivity index (χ1) is 7.27. The summed E-state index contributed by atoms with van der Waals surface area (Å²) in [6.07, 6.45) is 4.16. The van der Waals surface area contributed by atoms with Gasteiger partial charge in [0.05, 0.1) is 5.38 Å². The first-order valence-corrected chi connectivity index (χ1v) is 5.41. The summed E-state index contributed by atoms with van der Waals surface area (Å²) in [5.74, 6) is 0.0360. The molecule has 2 aromatic rings. The topological polar surface area (TPSA) is 55.1 Å². The van der Waals surface area contributed by atoms with Gasteiger partial charge in [0.15, 0.2) is 0 Å². The van der Waals surface area contributed by atoms with Crippen LogP contribution in [-0.4, -0.2) is 14.7 Å². The normalized spacial score (nSPS) is 10.4. The van der Waals surface area contributed by atoms with Crippen molar-refractivity contribution in [2.45, 2.75) is 13.0 Å². The Balaban J connectivity index is 2.09. The molecular weight excluding hydrogens is 212 g/mol. The highest BCUT2D eigenvalue weighted by atomic mass is 32.1. The molecule has 0 unspecified atom stereocenters. The summed E-state index contributed by atoms with van der Waals surface area (Å²) in [6.45, 7) is 0.486. The molecule has 15 heavy (non-hydrogen) atoms. The Labute approximate surface area is 90.5 Å². The van der Waals surface area contributed by atoms with E-state index in [-0.39, 0.29) is 10.8 Å². The van der Waals surface area contributed by atoms with Gasteiger partial charge < -0.3 is 5.11 Å². The lowest BCUT2D eigenvalue weighted by Crippen LogP contribution is -2.13. The van der Waals surface area contributed by atoms with E-state index >= 15 is 0 Å². The van der Waals surface area contributed by atoms with Crippen LogP contribution in [0.4, 0.5) is 0 Å². The Morgan fingerprint density at radius 1 is 1.53 bits per heavy atom. The molecule has 0 spiro atoms. The quantitative estimate of drug-likeness (QED) is 0.850. The number of thiazole rings is 1. The Morgan fingerprint density at radius 3 is 3.00 bits per heavy atom. The van der Waals surface area contributed by atoms with Crippen LogP contribution in [-0.2, 0) is 13.0 Å². The summed E-state index contributed by atoms with van der Waals surface area (Å²) >= 11 is 1.01. The zero-order valence-electron chi connectivity index (χ0n) is 7.96. The van der Waals surface area contributed by atoms with Crippen LogP contribution in [0.25, 0.3) is 0 Å². The van der Waals surface area contributed by atoms with Gasteiger partial charge in [-0.2, -0.15) is 0 Å². The lowest BCUT2D eigenvalue weighted by atomic mass is 10.2. The van der Waals surface area contributed by atoms with Gasteiger partial charge >= 0.3 is 4.87 Å². The maximum Gasteiger partial charge on any atom is 0.309 e. The van der Waals surface area contributed by atoms with E-state index in [0.717, 1.165) is 16.9 Å². The van der Waals surface area contributed by atoms with Crippen LogP contribution in [0.15, 0.2) is 34.7 Å². The molecule has 0 fully saturated rings. The average Bonchev–Trinajstić information content (AvgIpc) is 2.58. The van der Waals surface area contributed by atoms with Crippen molar-refractivity contribution in [1.82, 2.24) is 9.55 Å². The van der Waals surface area contributed by atoms with E-state index in [0.29, 0.717) is 13.0 Å². The van der Waals surface area contributed by atoms with Crippen LogP contribution in [0.5, 0.6) is 5.88 Å². The molecule has 0 amide bonds. The van der Waals surface area contributed by atoms with Gasteiger partial charge in [0.1, 0.15) is 0 Å². The zero-order chi connectivity index (χ0) is 10.7. The van der Waals surface area contributed by atoms with Crippen LogP contribution in [0.2, 0.25) is 0 Å². The Morgan fingerprint density at radius 2 is 2.40 bits per heavy atom. The molecule has 78 valence electrons. The van der Waals surface area contributed by atoms with E-state index in [2.05, 4.69) is 4.98 Å². The van der Waals surface area contributed by atoms with Crippen LogP contribution < -0.4 is 4.87 Å². The minimum atomic E-state index is -0.128. The molecule has 0 saturated carbocycles. The molecule has 2 heterocycles. The van der Waals surface area contributed by atoms with Crippen LogP contribution in [0, 0.1) is 0 Å². The Bertz CT molecular complexity index is 490. The number of aryl methyl sites for hydroxylation is 1. The van der Waals surface area contributed by atoms with Gasteiger partial charge in [0.25, 0.3) is 0 Å². The van der Waals surface area contributed by atoms with E-state index in [1.165, 1.54) is 9.95 Å². The van der Waals surface area contributed by atoms with Crippen molar-refractivity contribution >= 4 is 11.3 Å². The van der Waals surface area contributed by atoms with E-state index in [9.17, 15) is 9.90 Å². The minimum Gasteiger partial charge on any atom is -0.494 e. The number of aromatic hydroxyl groups is 1. The third-order valence-electron chi connectivity index (χ3n) is 2.11. The molecule has 5 heteroatoms. The predicted octanol–water partition coefficient (Wildman–Crippen LogP) is 1.25. The lowest BCUT2D eigenvalue weighted by molar-refractivity contribution is 0.413. The molecule has 0 aliphatic heterocycles. The molecule has 0 aliphatic rings. The fourth-order valence-electron chi connectivity index (χ4n) is 1.32. The smallest absolute Gasteiger partial charge is 0.309 e. The molecule has 0 saturated heterocycles. The standard InChI is InChI=1S/C10H10N2O2S/c13-9-7-15-10(14)12(9)5-3-8-2-1-4-11-6-8/h1-2,4,6-7,13H,3,5H2. The molecule has 4 nitrogen and oxygen atoms in total.